The number of hydrogen-bond acceptors (Lipinski definition) is 3. The molecule has 0 heterocycles. The van der Waals surface area contributed by atoms with E-state index in [9.17, 15) is 4.79 Å². The van der Waals surface area contributed by atoms with Crippen molar-refractivity contribution in [1.29, 1.82) is 0 Å². The van der Waals surface area contributed by atoms with E-state index in [1.807, 2.05) is 56.3 Å². The summed E-state index contributed by atoms with van der Waals surface area (Å²) in [6.45, 7) is 8.52. The molecular weight excluding hydrogens is 314 g/mol. The molecule has 2 aromatic carbocycles. The molecule has 0 bridgehead atoms. The molecule has 0 aromatic heterocycles. The van der Waals surface area contributed by atoms with Gasteiger partial charge in [-0.1, -0.05) is 37.6 Å². The van der Waals surface area contributed by atoms with Gasteiger partial charge in [0.1, 0.15) is 11.5 Å². The first-order valence-electron chi connectivity index (χ1n) is 8.78. The molecule has 4 heteroatoms. The lowest BCUT2D eigenvalue weighted by Crippen LogP contribution is -2.30. The number of hydrogen-bond donors (Lipinski definition) is 1. The van der Waals surface area contributed by atoms with Gasteiger partial charge in [0.15, 0.2) is 6.10 Å². The van der Waals surface area contributed by atoms with Crippen molar-refractivity contribution in [3.05, 3.63) is 53.6 Å². The minimum absolute atomic E-state index is 0.201. The number of aryl methyl sites for hydroxylation is 1. The largest absolute Gasteiger partial charge is 0.491 e. The molecule has 2 rings (SSSR count). The van der Waals surface area contributed by atoms with E-state index >= 15 is 0 Å². The van der Waals surface area contributed by atoms with Crippen LogP contribution in [0.4, 0.5) is 5.69 Å². The fourth-order valence-electron chi connectivity index (χ4n) is 2.35. The van der Waals surface area contributed by atoms with Gasteiger partial charge in [-0.15, -0.1) is 0 Å². The third-order valence-corrected chi connectivity index (χ3v) is 4.13. The Balaban J connectivity index is 2.02. The van der Waals surface area contributed by atoms with Gasteiger partial charge in [-0.2, -0.15) is 0 Å². The summed E-state index contributed by atoms with van der Waals surface area (Å²) in [5, 5.41) is 2.90. The summed E-state index contributed by atoms with van der Waals surface area (Å²) in [5.74, 6) is 1.21. The molecule has 1 amide bonds. The van der Waals surface area contributed by atoms with Crippen LogP contribution >= 0.6 is 0 Å². The normalized spacial score (nSPS) is 11.7. The molecule has 1 unspecified atom stereocenters. The van der Waals surface area contributed by atoms with Crippen molar-refractivity contribution in [2.45, 2.75) is 46.6 Å². The van der Waals surface area contributed by atoms with E-state index in [1.54, 1.807) is 6.92 Å². The third-order valence-electron chi connectivity index (χ3n) is 4.13. The zero-order valence-electron chi connectivity index (χ0n) is 15.5. The van der Waals surface area contributed by atoms with Crippen molar-refractivity contribution < 1.29 is 14.3 Å². The molecule has 25 heavy (non-hydrogen) atoms. The average molecular weight is 341 g/mol. The molecule has 0 radical (unpaired) electrons. The zero-order valence-corrected chi connectivity index (χ0v) is 15.5. The van der Waals surface area contributed by atoms with Crippen LogP contribution in [0.15, 0.2) is 42.5 Å². The number of nitrogens with one attached hydrogen (secondary N) is 1. The van der Waals surface area contributed by atoms with E-state index in [0.29, 0.717) is 18.0 Å². The standard InChI is InChI=1S/C21H27NO3/c1-5-6-14-24-20-12-8-7-11-18(20)22-21(23)17(4)25-19-13-9-10-15(2)16(19)3/h7-13,17H,5-6,14H2,1-4H3,(H,22,23). The van der Waals surface area contributed by atoms with Gasteiger partial charge in [0.2, 0.25) is 0 Å². The van der Waals surface area contributed by atoms with E-state index in [4.69, 9.17) is 9.47 Å². The van der Waals surface area contributed by atoms with Crippen LogP contribution in [0.25, 0.3) is 0 Å². The lowest BCUT2D eigenvalue weighted by atomic mass is 10.1. The lowest BCUT2D eigenvalue weighted by molar-refractivity contribution is -0.122. The number of benzene rings is 2. The van der Waals surface area contributed by atoms with Gasteiger partial charge in [0.25, 0.3) is 5.91 Å². The summed E-state index contributed by atoms with van der Waals surface area (Å²) < 4.78 is 11.6. The van der Waals surface area contributed by atoms with Crippen LogP contribution in [-0.4, -0.2) is 18.6 Å². The number of carbonyl (C=O) groups is 1. The number of rotatable bonds is 8. The van der Waals surface area contributed by atoms with Gasteiger partial charge in [-0.25, -0.2) is 0 Å². The first kappa shape index (κ1) is 18.8. The zero-order chi connectivity index (χ0) is 18.2. The molecule has 4 nitrogen and oxygen atoms in total. The predicted octanol–water partition coefficient (Wildman–Crippen LogP) is 4.89. The molecule has 0 aliphatic rings. The van der Waals surface area contributed by atoms with Crippen molar-refractivity contribution >= 4 is 11.6 Å². The van der Waals surface area contributed by atoms with Crippen molar-refractivity contribution in [2.75, 3.05) is 11.9 Å². The fourth-order valence-corrected chi connectivity index (χ4v) is 2.35. The predicted molar refractivity (Wildman–Crippen MR) is 101 cm³/mol. The third kappa shape index (κ3) is 5.24. The molecule has 2 aromatic rings. The molecule has 1 atom stereocenters. The Hall–Kier alpha value is -2.49. The smallest absolute Gasteiger partial charge is 0.265 e. The van der Waals surface area contributed by atoms with E-state index in [2.05, 4.69) is 12.2 Å². The van der Waals surface area contributed by atoms with Crippen LogP contribution in [0, 0.1) is 13.8 Å². The van der Waals surface area contributed by atoms with Crippen LogP contribution in [0.5, 0.6) is 11.5 Å². The van der Waals surface area contributed by atoms with Crippen molar-refractivity contribution in [1.82, 2.24) is 0 Å². The van der Waals surface area contributed by atoms with Gasteiger partial charge >= 0.3 is 0 Å². The topological polar surface area (TPSA) is 47.6 Å². The second-order valence-electron chi connectivity index (χ2n) is 6.15. The highest BCUT2D eigenvalue weighted by molar-refractivity contribution is 5.95. The van der Waals surface area contributed by atoms with E-state index in [1.165, 1.54) is 0 Å². The Morgan fingerprint density at radius 1 is 1.08 bits per heavy atom. The summed E-state index contributed by atoms with van der Waals surface area (Å²) in [7, 11) is 0. The molecule has 0 saturated heterocycles. The highest BCUT2D eigenvalue weighted by Gasteiger charge is 2.17. The molecule has 0 fully saturated rings. The molecule has 1 N–H and O–H groups in total. The van der Waals surface area contributed by atoms with Gasteiger partial charge in [-0.05, 0) is 56.5 Å². The van der Waals surface area contributed by atoms with Gasteiger partial charge in [0.05, 0.1) is 12.3 Å². The highest BCUT2D eigenvalue weighted by atomic mass is 16.5. The maximum atomic E-state index is 12.5. The monoisotopic (exact) mass is 341 g/mol. The molecule has 0 aliphatic carbocycles. The van der Waals surface area contributed by atoms with Crippen molar-refractivity contribution in [3.8, 4) is 11.5 Å². The summed E-state index contributed by atoms with van der Waals surface area (Å²) >= 11 is 0. The van der Waals surface area contributed by atoms with Crippen LogP contribution in [0.1, 0.15) is 37.8 Å². The SMILES string of the molecule is CCCCOc1ccccc1NC(=O)C(C)Oc1cccc(C)c1C. The van der Waals surface area contributed by atoms with Gasteiger partial charge in [0, 0.05) is 0 Å². The average Bonchev–Trinajstić information content (AvgIpc) is 2.60. The number of para-hydroxylation sites is 2. The van der Waals surface area contributed by atoms with Crippen molar-refractivity contribution in [3.63, 3.8) is 0 Å². The number of carbonyl (C=O) groups excluding carboxylic acids is 1. The minimum Gasteiger partial charge on any atom is -0.491 e. The maximum absolute atomic E-state index is 12.5. The first-order valence-corrected chi connectivity index (χ1v) is 8.78. The summed E-state index contributed by atoms with van der Waals surface area (Å²) in [6.07, 6.45) is 1.44. The van der Waals surface area contributed by atoms with E-state index < -0.39 is 6.10 Å². The molecule has 134 valence electrons. The molecule has 0 spiro atoms. The van der Waals surface area contributed by atoms with Crippen LogP contribution < -0.4 is 14.8 Å². The summed E-state index contributed by atoms with van der Waals surface area (Å²) in [6, 6.07) is 13.3. The lowest BCUT2D eigenvalue weighted by Gasteiger charge is -2.18. The van der Waals surface area contributed by atoms with Crippen LogP contribution in [-0.2, 0) is 4.79 Å². The summed E-state index contributed by atoms with van der Waals surface area (Å²) in [5.41, 5.74) is 2.85. The number of unbranched alkanes of at least 4 members (excludes halogenated alkanes) is 1. The Morgan fingerprint density at radius 3 is 2.56 bits per heavy atom. The molecular formula is C21H27NO3. The van der Waals surface area contributed by atoms with Crippen LogP contribution in [0.3, 0.4) is 0 Å². The van der Waals surface area contributed by atoms with Crippen LogP contribution in [0.2, 0.25) is 0 Å². The Morgan fingerprint density at radius 2 is 1.80 bits per heavy atom. The number of ether oxygens (including phenoxy) is 2. The fraction of sp³-hybridized carbons (Fsp3) is 0.381. The highest BCUT2D eigenvalue weighted by Crippen LogP contribution is 2.25. The van der Waals surface area contributed by atoms with Crippen molar-refractivity contribution in [2.24, 2.45) is 0 Å². The Bertz CT molecular complexity index is 712. The van der Waals surface area contributed by atoms with E-state index in [0.717, 1.165) is 29.7 Å². The number of anilines is 1. The number of amides is 1. The molecule has 0 saturated carbocycles. The maximum Gasteiger partial charge on any atom is 0.265 e. The second kappa shape index (κ2) is 9.11. The first-order chi connectivity index (χ1) is 12.0. The Labute approximate surface area is 150 Å². The van der Waals surface area contributed by atoms with E-state index in [-0.39, 0.29) is 5.91 Å². The Kier molecular flexibility index (Phi) is 6.87. The summed E-state index contributed by atoms with van der Waals surface area (Å²) in [4.78, 5) is 12.5. The second-order valence-corrected chi connectivity index (χ2v) is 6.15. The quantitative estimate of drug-likeness (QED) is 0.696. The molecule has 0 aliphatic heterocycles. The van der Waals surface area contributed by atoms with Gasteiger partial charge in [-0.3, -0.25) is 4.79 Å². The van der Waals surface area contributed by atoms with Gasteiger partial charge < -0.3 is 14.8 Å². The minimum atomic E-state index is -0.607.